The van der Waals surface area contributed by atoms with Crippen LogP contribution in [0.25, 0.3) is 10.9 Å². The van der Waals surface area contributed by atoms with Crippen LogP contribution >= 0.6 is 0 Å². The molecule has 0 bridgehead atoms. The molecule has 3 aromatic carbocycles. The maximum atomic E-state index is 6.07. The zero-order valence-electron chi connectivity index (χ0n) is 16.7. The van der Waals surface area contributed by atoms with Crippen molar-refractivity contribution >= 4 is 10.9 Å². The Morgan fingerprint density at radius 1 is 0.966 bits per heavy atom. The normalized spacial score (nSPS) is 16.0. The summed E-state index contributed by atoms with van der Waals surface area (Å²) in [5.41, 5.74) is 7.82. The van der Waals surface area contributed by atoms with Gasteiger partial charge in [-0.1, -0.05) is 54.1 Å². The maximum absolute atomic E-state index is 6.07. The fourth-order valence-corrected chi connectivity index (χ4v) is 4.34. The van der Waals surface area contributed by atoms with Crippen LogP contribution in [0, 0.1) is 6.92 Å². The first kappa shape index (κ1) is 18.0. The number of aromatic nitrogens is 1. The van der Waals surface area contributed by atoms with E-state index < -0.39 is 0 Å². The molecular weight excluding hydrogens is 356 g/mol. The van der Waals surface area contributed by atoms with Crippen LogP contribution in [-0.2, 0) is 12.8 Å². The molecule has 0 amide bonds. The Kier molecular flexibility index (Phi) is 4.82. The molecule has 1 aliphatic rings. The highest BCUT2D eigenvalue weighted by molar-refractivity contribution is 5.86. The number of fused-ring (bicyclic) bond motifs is 3. The topological polar surface area (TPSA) is 37.0 Å². The lowest BCUT2D eigenvalue weighted by Crippen LogP contribution is -2.30. The van der Waals surface area contributed by atoms with Gasteiger partial charge in [-0.2, -0.15) is 0 Å². The van der Waals surface area contributed by atoms with Crippen molar-refractivity contribution in [3.63, 3.8) is 0 Å². The standard InChI is InChI=1S/C26H26N2O/c1-18-10-11-24-23(16-18)22-12-14-27-25(26(22)28-24)20-8-5-9-21(17-20)29-15-13-19-6-3-2-4-7-19/h2-11,16-17,25,27-28H,12-15H2,1H3. The average Bonchev–Trinajstić information content (AvgIpc) is 3.13. The van der Waals surface area contributed by atoms with Crippen molar-refractivity contribution in [3.05, 3.63) is 101 Å². The van der Waals surface area contributed by atoms with E-state index in [1.54, 1.807) is 0 Å². The molecule has 3 nitrogen and oxygen atoms in total. The van der Waals surface area contributed by atoms with Gasteiger partial charge in [-0.3, -0.25) is 0 Å². The molecule has 1 atom stereocenters. The quantitative estimate of drug-likeness (QED) is 0.489. The van der Waals surface area contributed by atoms with Crippen molar-refractivity contribution in [1.82, 2.24) is 10.3 Å². The minimum atomic E-state index is 0.170. The molecule has 0 saturated carbocycles. The predicted octanol–water partition coefficient (Wildman–Crippen LogP) is 5.33. The summed E-state index contributed by atoms with van der Waals surface area (Å²) in [6.07, 6.45) is 1.97. The van der Waals surface area contributed by atoms with Crippen LogP contribution in [0.1, 0.15) is 34.0 Å². The molecular formula is C26H26N2O. The van der Waals surface area contributed by atoms with Crippen LogP contribution in [-0.4, -0.2) is 18.1 Å². The van der Waals surface area contributed by atoms with Crippen molar-refractivity contribution in [3.8, 4) is 5.75 Å². The number of rotatable bonds is 5. The minimum absolute atomic E-state index is 0.170. The minimum Gasteiger partial charge on any atom is -0.493 e. The van der Waals surface area contributed by atoms with Gasteiger partial charge in [-0.05, 0) is 54.3 Å². The molecule has 0 radical (unpaired) electrons. The predicted molar refractivity (Wildman–Crippen MR) is 119 cm³/mol. The van der Waals surface area contributed by atoms with Gasteiger partial charge in [-0.25, -0.2) is 0 Å². The Balaban J connectivity index is 1.38. The van der Waals surface area contributed by atoms with Gasteiger partial charge in [0.25, 0.3) is 0 Å². The van der Waals surface area contributed by atoms with Crippen molar-refractivity contribution in [2.75, 3.05) is 13.2 Å². The highest BCUT2D eigenvalue weighted by Crippen LogP contribution is 2.34. The van der Waals surface area contributed by atoms with Gasteiger partial charge in [0, 0.05) is 29.6 Å². The lowest BCUT2D eigenvalue weighted by Gasteiger charge is -2.25. The van der Waals surface area contributed by atoms with Crippen LogP contribution in [0.3, 0.4) is 0 Å². The molecule has 0 spiro atoms. The van der Waals surface area contributed by atoms with Gasteiger partial charge in [-0.15, -0.1) is 0 Å². The Morgan fingerprint density at radius 3 is 2.76 bits per heavy atom. The number of benzene rings is 3. The first-order valence-corrected chi connectivity index (χ1v) is 10.4. The first-order chi connectivity index (χ1) is 14.3. The maximum Gasteiger partial charge on any atom is 0.119 e. The Bertz CT molecular complexity index is 1130. The van der Waals surface area contributed by atoms with Crippen LogP contribution in [0.5, 0.6) is 5.75 Å². The van der Waals surface area contributed by atoms with Gasteiger partial charge in [0.05, 0.1) is 12.6 Å². The summed E-state index contributed by atoms with van der Waals surface area (Å²) in [4.78, 5) is 3.67. The molecule has 4 aromatic rings. The van der Waals surface area contributed by atoms with Crippen molar-refractivity contribution in [1.29, 1.82) is 0 Å². The van der Waals surface area contributed by atoms with E-state index in [0.29, 0.717) is 6.61 Å². The van der Waals surface area contributed by atoms with Crippen LogP contribution < -0.4 is 10.1 Å². The fourth-order valence-electron chi connectivity index (χ4n) is 4.34. The lowest BCUT2D eigenvalue weighted by molar-refractivity contribution is 0.321. The highest BCUT2D eigenvalue weighted by atomic mass is 16.5. The van der Waals surface area contributed by atoms with E-state index >= 15 is 0 Å². The van der Waals surface area contributed by atoms with E-state index in [0.717, 1.165) is 25.1 Å². The Morgan fingerprint density at radius 2 is 1.86 bits per heavy atom. The molecule has 5 rings (SSSR count). The third-order valence-electron chi connectivity index (χ3n) is 5.80. The molecule has 146 valence electrons. The third-order valence-corrected chi connectivity index (χ3v) is 5.80. The monoisotopic (exact) mass is 382 g/mol. The number of H-pyrrole nitrogens is 1. The molecule has 0 saturated heterocycles. The van der Waals surface area contributed by atoms with Gasteiger partial charge in [0.15, 0.2) is 0 Å². The summed E-state index contributed by atoms with van der Waals surface area (Å²) >= 11 is 0. The van der Waals surface area contributed by atoms with E-state index in [1.807, 2.05) is 12.1 Å². The summed E-state index contributed by atoms with van der Waals surface area (Å²) in [6, 6.07) is 25.8. The van der Waals surface area contributed by atoms with Crippen molar-refractivity contribution in [2.45, 2.75) is 25.8 Å². The van der Waals surface area contributed by atoms with Gasteiger partial charge >= 0.3 is 0 Å². The number of aromatic amines is 1. The Hall–Kier alpha value is -3.04. The Labute approximate surface area is 171 Å². The third kappa shape index (κ3) is 3.66. The second kappa shape index (κ2) is 7.76. The van der Waals surface area contributed by atoms with E-state index in [2.05, 4.69) is 77.9 Å². The molecule has 1 aliphatic heterocycles. The second-order valence-electron chi connectivity index (χ2n) is 7.86. The van der Waals surface area contributed by atoms with Crippen molar-refractivity contribution in [2.24, 2.45) is 0 Å². The second-order valence-corrected chi connectivity index (χ2v) is 7.86. The molecule has 1 aromatic heterocycles. The van der Waals surface area contributed by atoms with Gasteiger partial charge in [0.1, 0.15) is 5.75 Å². The van der Waals surface area contributed by atoms with Crippen molar-refractivity contribution < 1.29 is 4.74 Å². The van der Waals surface area contributed by atoms with Gasteiger partial charge in [0.2, 0.25) is 0 Å². The molecule has 2 N–H and O–H groups in total. The van der Waals surface area contributed by atoms with E-state index in [1.165, 1.54) is 38.9 Å². The van der Waals surface area contributed by atoms with E-state index in [9.17, 15) is 0 Å². The van der Waals surface area contributed by atoms with E-state index in [4.69, 9.17) is 4.74 Å². The summed E-state index contributed by atoms with van der Waals surface area (Å²) in [5.74, 6) is 0.930. The van der Waals surface area contributed by atoms with Gasteiger partial charge < -0.3 is 15.0 Å². The molecule has 0 aliphatic carbocycles. The molecule has 29 heavy (non-hydrogen) atoms. The highest BCUT2D eigenvalue weighted by Gasteiger charge is 2.25. The first-order valence-electron chi connectivity index (χ1n) is 10.4. The fraction of sp³-hybridized carbons (Fsp3) is 0.231. The van der Waals surface area contributed by atoms with Crippen LogP contribution in [0.15, 0.2) is 72.8 Å². The number of nitrogens with one attached hydrogen (secondary N) is 2. The molecule has 2 heterocycles. The summed E-state index contributed by atoms with van der Waals surface area (Å²) < 4.78 is 6.07. The SMILES string of the molecule is Cc1ccc2[nH]c3c(c2c1)CCNC3c1cccc(OCCc2ccccc2)c1. The largest absolute Gasteiger partial charge is 0.493 e. The number of hydrogen-bond acceptors (Lipinski definition) is 2. The zero-order chi connectivity index (χ0) is 19.6. The van der Waals surface area contributed by atoms with E-state index in [-0.39, 0.29) is 6.04 Å². The summed E-state index contributed by atoms with van der Waals surface area (Å²) in [5, 5.41) is 5.05. The molecule has 0 fully saturated rings. The number of ether oxygens (including phenoxy) is 1. The summed E-state index contributed by atoms with van der Waals surface area (Å²) in [6.45, 7) is 3.83. The molecule has 3 heteroatoms. The smallest absolute Gasteiger partial charge is 0.119 e. The lowest BCUT2D eigenvalue weighted by atomic mass is 9.94. The van der Waals surface area contributed by atoms with Crippen LogP contribution in [0.4, 0.5) is 0 Å². The molecule has 1 unspecified atom stereocenters. The van der Waals surface area contributed by atoms with Crippen LogP contribution in [0.2, 0.25) is 0 Å². The summed E-state index contributed by atoms with van der Waals surface area (Å²) in [7, 11) is 0. The number of aryl methyl sites for hydroxylation is 1. The zero-order valence-corrected chi connectivity index (χ0v) is 16.7. The average molecular weight is 383 g/mol. The number of hydrogen-bond donors (Lipinski definition) is 2.